The number of amides is 1. The highest BCUT2D eigenvalue weighted by Gasteiger charge is 2.45. The lowest BCUT2D eigenvalue weighted by molar-refractivity contribution is -0.150. The normalized spacial score (nSPS) is 23.6. The van der Waals surface area contributed by atoms with Gasteiger partial charge in [-0.25, -0.2) is 9.59 Å². The van der Waals surface area contributed by atoms with Crippen molar-refractivity contribution >= 4 is 12.1 Å². The van der Waals surface area contributed by atoms with Crippen molar-refractivity contribution in [3.63, 3.8) is 0 Å². The summed E-state index contributed by atoms with van der Waals surface area (Å²) in [4.78, 5) is 24.8. The average molecular weight is 257 g/mol. The number of carbonyl (C=O) groups excluding carboxylic acids is 1. The fraction of sp³-hybridized carbons (Fsp3) is 0.846. The van der Waals surface area contributed by atoms with Crippen molar-refractivity contribution in [3.8, 4) is 0 Å². The molecule has 0 unspecified atom stereocenters. The van der Waals surface area contributed by atoms with Crippen LogP contribution in [0, 0.1) is 5.41 Å². The molecule has 0 aromatic carbocycles. The van der Waals surface area contributed by atoms with Crippen molar-refractivity contribution in [2.75, 3.05) is 6.54 Å². The number of aliphatic carboxylic acids is 1. The van der Waals surface area contributed by atoms with Gasteiger partial charge >= 0.3 is 12.1 Å². The summed E-state index contributed by atoms with van der Waals surface area (Å²) in [7, 11) is 0. The van der Waals surface area contributed by atoms with E-state index in [1.807, 2.05) is 13.8 Å². The largest absolute Gasteiger partial charge is 0.480 e. The molecule has 0 aromatic rings. The van der Waals surface area contributed by atoms with Crippen molar-refractivity contribution in [1.29, 1.82) is 0 Å². The number of hydrogen-bond acceptors (Lipinski definition) is 3. The van der Waals surface area contributed by atoms with E-state index in [0.717, 1.165) is 12.8 Å². The number of carbonyl (C=O) groups is 2. The molecule has 0 spiro atoms. The number of hydrogen-bond donors (Lipinski definition) is 1. The van der Waals surface area contributed by atoms with E-state index in [9.17, 15) is 14.7 Å². The summed E-state index contributed by atoms with van der Waals surface area (Å²) in [5.41, 5.74) is -1.04. The van der Waals surface area contributed by atoms with Gasteiger partial charge in [0.25, 0.3) is 0 Å². The average Bonchev–Trinajstić information content (AvgIpc) is 2.11. The smallest absolute Gasteiger partial charge is 0.411 e. The van der Waals surface area contributed by atoms with Gasteiger partial charge in [0.15, 0.2) is 0 Å². The Bertz CT molecular complexity index is 343. The van der Waals surface area contributed by atoms with Gasteiger partial charge < -0.3 is 9.84 Å². The molecule has 5 heteroatoms. The van der Waals surface area contributed by atoms with Crippen molar-refractivity contribution in [1.82, 2.24) is 4.90 Å². The maximum absolute atomic E-state index is 12.1. The van der Waals surface area contributed by atoms with E-state index in [2.05, 4.69) is 0 Å². The van der Waals surface area contributed by atoms with Crippen LogP contribution in [0.2, 0.25) is 0 Å². The SMILES string of the molecule is CC(C)(C)OC(=O)N1CCCC(C)(C)[C@@H]1C(=O)O. The van der Waals surface area contributed by atoms with Crippen LogP contribution >= 0.6 is 0 Å². The molecule has 104 valence electrons. The van der Waals surface area contributed by atoms with Gasteiger partial charge in [-0.1, -0.05) is 13.8 Å². The summed E-state index contributed by atoms with van der Waals surface area (Å²) in [5.74, 6) is -0.967. The van der Waals surface area contributed by atoms with Crippen LogP contribution in [-0.4, -0.2) is 40.3 Å². The lowest BCUT2D eigenvalue weighted by Gasteiger charge is -2.43. The lowest BCUT2D eigenvalue weighted by atomic mass is 9.76. The monoisotopic (exact) mass is 257 g/mol. The molecule has 0 aliphatic carbocycles. The standard InChI is InChI=1S/C13H23NO4/c1-12(2,3)18-11(17)14-8-6-7-13(4,5)9(14)10(15)16/h9H,6-8H2,1-5H3,(H,15,16)/t9-/m0/s1. The van der Waals surface area contributed by atoms with Crippen LogP contribution in [-0.2, 0) is 9.53 Å². The van der Waals surface area contributed by atoms with E-state index in [1.54, 1.807) is 20.8 Å². The summed E-state index contributed by atoms with van der Waals surface area (Å²) in [5, 5.41) is 9.34. The molecule has 0 aromatic heterocycles. The second-order valence-corrected chi connectivity index (χ2v) is 6.51. The Labute approximate surface area is 108 Å². The van der Waals surface area contributed by atoms with Gasteiger partial charge in [0.05, 0.1) is 0 Å². The number of ether oxygens (including phenoxy) is 1. The molecule has 18 heavy (non-hydrogen) atoms. The summed E-state index contributed by atoms with van der Waals surface area (Å²) in [6.45, 7) is 9.52. The highest BCUT2D eigenvalue weighted by molar-refractivity contribution is 5.81. The highest BCUT2D eigenvalue weighted by Crippen LogP contribution is 2.35. The van der Waals surface area contributed by atoms with Crippen LogP contribution in [0.25, 0.3) is 0 Å². The second-order valence-electron chi connectivity index (χ2n) is 6.51. The summed E-state index contributed by atoms with van der Waals surface area (Å²) in [6, 6.07) is -0.818. The topological polar surface area (TPSA) is 66.8 Å². The van der Waals surface area contributed by atoms with Crippen LogP contribution in [0.1, 0.15) is 47.5 Å². The maximum Gasteiger partial charge on any atom is 0.411 e. The molecule has 1 rings (SSSR count). The van der Waals surface area contributed by atoms with Crippen molar-refractivity contribution in [2.24, 2.45) is 5.41 Å². The minimum atomic E-state index is -0.967. The summed E-state index contributed by atoms with van der Waals surface area (Å²) < 4.78 is 5.27. The molecular weight excluding hydrogens is 234 g/mol. The van der Waals surface area contributed by atoms with Crippen LogP contribution in [0.3, 0.4) is 0 Å². The third-order valence-corrected chi connectivity index (χ3v) is 3.13. The Hall–Kier alpha value is -1.26. The lowest BCUT2D eigenvalue weighted by Crippen LogP contribution is -2.57. The Morgan fingerprint density at radius 3 is 2.33 bits per heavy atom. The van der Waals surface area contributed by atoms with Crippen molar-refractivity contribution in [3.05, 3.63) is 0 Å². The Kier molecular flexibility index (Phi) is 3.93. The number of carboxylic acids is 1. The molecule has 1 heterocycles. The van der Waals surface area contributed by atoms with E-state index < -0.39 is 29.1 Å². The fourth-order valence-corrected chi connectivity index (χ4v) is 2.38. The second kappa shape index (κ2) is 4.78. The van der Waals surface area contributed by atoms with E-state index in [1.165, 1.54) is 4.90 Å². The maximum atomic E-state index is 12.1. The third kappa shape index (κ3) is 3.37. The third-order valence-electron chi connectivity index (χ3n) is 3.13. The number of nitrogens with zero attached hydrogens (tertiary/aromatic N) is 1. The molecule has 1 N–H and O–H groups in total. The van der Waals surface area contributed by atoms with E-state index in [-0.39, 0.29) is 0 Å². The number of carboxylic acid groups (broad SMARTS) is 1. The van der Waals surface area contributed by atoms with Gasteiger partial charge in [-0.3, -0.25) is 4.90 Å². The van der Waals surface area contributed by atoms with E-state index >= 15 is 0 Å². The van der Waals surface area contributed by atoms with E-state index in [0.29, 0.717) is 6.54 Å². The summed E-state index contributed by atoms with van der Waals surface area (Å²) in [6.07, 6.45) is 1.06. The van der Waals surface area contributed by atoms with Crippen LogP contribution in [0.5, 0.6) is 0 Å². The highest BCUT2D eigenvalue weighted by atomic mass is 16.6. The first-order chi connectivity index (χ1) is 8.04. The number of likely N-dealkylation sites (tertiary alicyclic amines) is 1. The molecule has 1 amide bonds. The molecule has 1 aliphatic rings. The molecule has 1 fully saturated rings. The Balaban J connectivity index is 2.91. The van der Waals surface area contributed by atoms with Crippen LogP contribution in [0.4, 0.5) is 4.79 Å². The number of piperidine rings is 1. The first kappa shape index (κ1) is 14.8. The van der Waals surface area contributed by atoms with E-state index in [4.69, 9.17) is 4.74 Å². The zero-order valence-corrected chi connectivity index (χ0v) is 11.8. The molecule has 0 bridgehead atoms. The molecule has 0 radical (unpaired) electrons. The predicted molar refractivity (Wildman–Crippen MR) is 67.4 cm³/mol. The Morgan fingerprint density at radius 2 is 1.89 bits per heavy atom. The van der Waals surface area contributed by atoms with Crippen molar-refractivity contribution < 1.29 is 19.4 Å². The zero-order valence-electron chi connectivity index (χ0n) is 11.8. The quantitative estimate of drug-likeness (QED) is 0.783. The first-order valence-electron chi connectivity index (χ1n) is 6.27. The molecule has 1 saturated heterocycles. The van der Waals surface area contributed by atoms with Gasteiger partial charge in [-0.15, -0.1) is 0 Å². The Morgan fingerprint density at radius 1 is 1.33 bits per heavy atom. The molecule has 5 nitrogen and oxygen atoms in total. The molecule has 1 aliphatic heterocycles. The predicted octanol–water partition coefficient (Wildman–Crippen LogP) is 2.50. The van der Waals surface area contributed by atoms with Crippen molar-refractivity contribution in [2.45, 2.75) is 59.1 Å². The minimum absolute atomic E-state index is 0.430. The van der Waals surface area contributed by atoms with Gasteiger partial charge in [0.1, 0.15) is 11.6 Å². The summed E-state index contributed by atoms with van der Waals surface area (Å²) >= 11 is 0. The van der Waals surface area contributed by atoms with Gasteiger partial charge in [0, 0.05) is 6.54 Å². The van der Waals surface area contributed by atoms with Crippen LogP contribution < -0.4 is 0 Å². The molecule has 0 saturated carbocycles. The first-order valence-corrected chi connectivity index (χ1v) is 6.27. The van der Waals surface area contributed by atoms with Crippen LogP contribution in [0.15, 0.2) is 0 Å². The van der Waals surface area contributed by atoms with Gasteiger partial charge in [-0.2, -0.15) is 0 Å². The molecule has 1 atom stereocenters. The minimum Gasteiger partial charge on any atom is -0.480 e. The fourth-order valence-electron chi connectivity index (χ4n) is 2.38. The zero-order chi connectivity index (χ0) is 14.1. The van der Waals surface area contributed by atoms with Gasteiger partial charge in [0.2, 0.25) is 0 Å². The molecular formula is C13H23NO4. The number of rotatable bonds is 1. The van der Waals surface area contributed by atoms with Gasteiger partial charge in [-0.05, 0) is 39.0 Å².